The van der Waals surface area contributed by atoms with Crippen LogP contribution >= 0.6 is 12.2 Å². The highest BCUT2D eigenvalue weighted by atomic mass is 32.1. The Morgan fingerprint density at radius 1 is 1.13 bits per heavy atom. The van der Waals surface area contributed by atoms with E-state index in [4.69, 9.17) is 12.2 Å². The van der Waals surface area contributed by atoms with E-state index in [0.29, 0.717) is 16.5 Å². The number of nitrogens with zero attached hydrogens (tertiary/aromatic N) is 4. The minimum atomic E-state index is 0.451. The van der Waals surface area contributed by atoms with Gasteiger partial charge in [-0.1, -0.05) is 38.1 Å². The SMILES string of the molecule is CC(C)c1ccc(/C=N\n2c(-c3ccncc3)n[nH]c2=S)cc1. The summed E-state index contributed by atoms with van der Waals surface area (Å²) in [4.78, 5) is 4.01. The molecule has 1 N–H and O–H groups in total. The summed E-state index contributed by atoms with van der Waals surface area (Å²) in [6.07, 6.45) is 5.21. The topological polar surface area (TPSA) is 58.9 Å². The van der Waals surface area contributed by atoms with E-state index in [2.05, 4.69) is 58.4 Å². The summed E-state index contributed by atoms with van der Waals surface area (Å²) in [6, 6.07) is 12.1. The molecular weight excluding hydrogens is 306 g/mol. The number of nitrogens with one attached hydrogen (secondary N) is 1. The van der Waals surface area contributed by atoms with Crippen molar-refractivity contribution in [3.63, 3.8) is 0 Å². The summed E-state index contributed by atoms with van der Waals surface area (Å²) in [5.41, 5.74) is 3.22. The van der Waals surface area contributed by atoms with Crippen LogP contribution in [-0.4, -0.2) is 26.1 Å². The molecule has 0 fully saturated rings. The molecule has 0 aliphatic carbocycles. The van der Waals surface area contributed by atoms with Crippen LogP contribution in [0.15, 0.2) is 53.9 Å². The van der Waals surface area contributed by atoms with Crippen LogP contribution in [0.4, 0.5) is 0 Å². The fraction of sp³-hybridized carbons (Fsp3) is 0.176. The van der Waals surface area contributed by atoms with Crippen LogP contribution in [-0.2, 0) is 0 Å². The Kier molecular flexibility index (Phi) is 4.43. The van der Waals surface area contributed by atoms with E-state index < -0.39 is 0 Å². The highest BCUT2D eigenvalue weighted by Crippen LogP contribution is 2.16. The third kappa shape index (κ3) is 3.43. The van der Waals surface area contributed by atoms with Crippen molar-refractivity contribution in [2.24, 2.45) is 5.10 Å². The molecule has 0 atom stereocenters. The monoisotopic (exact) mass is 323 g/mol. The summed E-state index contributed by atoms with van der Waals surface area (Å²) < 4.78 is 2.06. The Balaban J connectivity index is 1.91. The lowest BCUT2D eigenvalue weighted by molar-refractivity contribution is 0.865. The van der Waals surface area contributed by atoms with Crippen molar-refractivity contribution >= 4 is 18.4 Å². The fourth-order valence-electron chi connectivity index (χ4n) is 2.18. The maximum atomic E-state index is 5.26. The van der Waals surface area contributed by atoms with Gasteiger partial charge in [-0.25, -0.2) is 5.10 Å². The zero-order chi connectivity index (χ0) is 16.2. The molecule has 0 bridgehead atoms. The Labute approximate surface area is 139 Å². The van der Waals surface area contributed by atoms with Crippen LogP contribution in [0.25, 0.3) is 11.4 Å². The molecule has 6 heteroatoms. The van der Waals surface area contributed by atoms with Crippen LogP contribution < -0.4 is 0 Å². The third-order valence-corrected chi connectivity index (χ3v) is 3.78. The summed E-state index contributed by atoms with van der Waals surface area (Å²) in [7, 11) is 0. The molecule has 0 unspecified atom stereocenters. The number of rotatable bonds is 4. The van der Waals surface area contributed by atoms with Gasteiger partial charge in [0.1, 0.15) is 0 Å². The van der Waals surface area contributed by atoms with Gasteiger partial charge in [0, 0.05) is 18.0 Å². The number of benzene rings is 1. The van der Waals surface area contributed by atoms with Crippen LogP contribution in [0.5, 0.6) is 0 Å². The number of hydrogen-bond acceptors (Lipinski definition) is 4. The summed E-state index contributed by atoms with van der Waals surface area (Å²) in [5.74, 6) is 1.18. The lowest BCUT2D eigenvalue weighted by Crippen LogP contribution is -1.95. The van der Waals surface area contributed by atoms with Crippen molar-refractivity contribution in [3.8, 4) is 11.4 Å². The number of aromatic nitrogens is 4. The number of pyridine rings is 1. The molecule has 0 aliphatic rings. The van der Waals surface area contributed by atoms with Crippen LogP contribution in [0, 0.1) is 4.77 Å². The van der Waals surface area contributed by atoms with Gasteiger partial charge in [-0.3, -0.25) is 4.98 Å². The van der Waals surface area contributed by atoms with E-state index in [9.17, 15) is 0 Å². The van der Waals surface area contributed by atoms with Gasteiger partial charge in [0.2, 0.25) is 4.77 Å². The fourth-order valence-corrected chi connectivity index (χ4v) is 2.36. The van der Waals surface area contributed by atoms with Gasteiger partial charge in [0.05, 0.1) is 6.21 Å². The summed E-state index contributed by atoms with van der Waals surface area (Å²) in [6.45, 7) is 4.35. The second-order valence-corrected chi connectivity index (χ2v) is 5.85. The molecule has 2 aromatic heterocycles. The highest BCUT2D eigenvalue weighted by molar-refractivity contribution is 7.71. The van der Waals surface area contributed by atoms with Gasteiger partial charge in [-0.15, -0.1) is 0 Å². The Morgan fingerprint density at radius 3 is 2.48 bits per heavy atom. The second kappa shape index (κ2) is 6.66. The average Bonchev–Trinajstić information content (AvgIpc) is 2.95. The van der Waals surface area contributed by atoms with E-state index in [0.717, 1.165) is 11.1 Å². The molecule has 0 saturated heterocycles. The number of H-pyrrole nitrogens is 1. The molecule has 0 amide bonds. The molecule has 1 aromatic carbocycles. The summed E-state index contributed by atoms with van der Waals surface area (Å²) >= 11 is 5.26. The first kappa shape index (κ1) is 15.3. The van der Waals surface area contributed by atoms with Crippen LogP contribution in [0.1, 0.15) is 30.9 Å². The van der Waals surface area contributed by atoms with E-state index in [1.165, 1.54) is 5.56 Å². The molecule has 3 aromatic rings. The predicted octanol–water partition coefficient (Wildman–Crippen LogP) is 4.01. The van der Waals surface area contributed by atoms with E-state index in [-0.39, 0.29) is 0 Å². The maximum absolute atomic E-state index is 5.26. The van der Waals surface area contributed by atoms with Crippen molar-refractivity contribution in [2.75, 3.05) is 0 Å². The zero-order valence-electron chi connectivity index (χ0n) is 13.0. The molecule has 23 heavy (non-hydrogen) atoms. The maximum Gasteiger partial charge on any atom is 0.216 e. The molecule has 0 aliphatic heterocycles. The lowest BCUT2D eigenvalue weighted by atomic mass is 10.0. The highest BCUT2D eigenvalue weighted by Gasteiger charge is 2.07. The first-order valence-electron chi connectivity index (χ1n) is 7.37. The number of hydrogen-bond donors (Lipinski definition) is 1. The second-order valence-electron chi connectivity index (χ2n) is 5.47. The van der Waals surface area contributed by atoms with Gasteiger partial charge in [-0.2, -0.15) is 14.9 Å². The Hall–Kier alpha value is -2.60. The van der Waals surface area contributed by atoms with Crippen molar-refractivity contribution in [1.29, 1.82) is 0 Å². The standard InChI is InChI=1S/C17H17N5S/c1-12(2)14-5-3-13(4-6-14)11-19-22-16(20-21-17(22)23)15-7-9-18-10-8-15/h3-12H,1-2H3,(H,21,23)/b19-11-. The average molecular weight is 323 g/mol. The predicted molar refractivity (Wildman–Crippen MR) is 94.2 cm³/mol. The van der Waals surface area contributed by atoms with E-state index in [1.54, 1.807) is 23.3 Å². The van der Waals surface area contributed by atoms with Crippen molar-refractivity contribution < 1.29 is 0 Å². The molecule has 0 spiro atoms. The van der Waals surface area contributed by atoms with Gasteiger partial charge in [0.25, 0.3) is 0 Å². The molecule has 5 nitrogen and oxygen atoms in total. The first-order valence-corrected chi connectivity index (χ1v) is 7.78. The van der Waals surface area contributed by atoms with Gasteiger partial charge >= 0.3 is 0 Å². The minimum absolute atomic E-state index is 0.451. The Bertz CT molecular complexity index is 860. The molecule has 2 heterocycles. The van der Waals surface area contributed by atoms with Crippen LogP contribution in [0.3, 0.4) is 0 Å². The van der Waals surface area contributed by atoms with Crippen LogP contribution in [0.2, 0.25) is 0 Å². The smallest absolute Gasteiger partial charge is 0.216 e. The zero-order valence-corrected chi connectivity index (χ0v) is 13.8. The molecule has 0 saturated carbocycles. The normalized spacial score (nSPS) is 11.4. The van der Waals surface area contributed by atoms with Gasteiger partial charge in [-0.05, 0) is 41.4 Å². The first-order chi connectivity index (χ1) is 11.1. The van der Waals surface area contributed by atoms with Crippen molar-refractivity contribution in [1.82, 2.24) is 19.9 Å². The lowest BCUT2D eigenvalue weighted by Gasteiger charge is -2.04. The largest absolute Gasteiger partial charge is 0.265 e. The van der Waals surface area contributed by atoms with E-state index in [1.807, 2.05) is 12.1 Å². The summed E-state index contributed by atoms with van der Waals surface area (Å²) in [5, 5.41) is 11.5. The minimum Gasteiger partial charge on any atom is -0.265 e. The third-order valence-electron chi connectivity index (χ3n) is 3.51. The quantitative estimate of drug-likeness (QED) is 0.583. The van der Waals surface area contributed by atoms with Crippen molar-refractivity contribution in [2.45, 2.75) is 19.8 Å². The van der Waals surface area contributed by atoms with Gasteiger partial charge in [0.15, 0.2) is 5.82 Å². The molecule has 116 valence electrons. The van der Waals surface area contributed by atoms with E-state index >= 15 is 0 Å². The van der Waals surface area contributed by atoms with Gasteiger partial charge < -0.3 is 0 Å². The molecular formula is C17H17N5S. The molecule has 3 rings (SSSR count). The molecule has 0 radical (unpaired) electrons. The Morgan fingerprint density at radius 2 is 1.83 bits per heavy atom. The van der Waals surface area contributed by atoms with Crippen molar-refractivity contribution in [3.05, 3.63) is 64.7 Å². The number of aromatic amines is 1.